The maximum absolute atomic E-state index is 13.5. The number of halogens is 1. The summed E-state index contributed by atoms with van der Waals surface area (Å²) >= 11 is 0. The number of rotatable bonds is 7. The number of nitro groups is 1. The van der Waals surface area contributed by atoms with E-state index in [1.807, 2.05) is 0 Å². The largest absolute Gasteiger partial charge is 0.270 e. The minimum absolute atomic E-state index is 0.0798. The van der Waals surface area contributed by atoms with Crippen LogP contribution in [0.5, 0.6) is 0 Å². The third kappa shape index (κ3) is 4.16. The van der Waals surface area contributed by atoms with Crippen molar-refractivity contribution in [2.75, 3.05) is 13.1 Å². The Hall–Kier alpha value is -2.23. The van der Waals surface area contributed by atoms with Gasteiger partial charge in [-0.05, 0) is 18.0 Å². The summed E-state index contributed by atoms with van der Waals surface area (Å²) in [6.07, 6.45) is 0.222. The summed E-state index contributed by atoms with van der Waals surface area (Å²) in [6.45, 7) is -0.0000746. The van der Waals surface area contributed by atoms with Crippen LogP contribution >= 0.6 is 0 Å². The van der Waals surface area contributed by atoms with Crippen molar-refractivity contribution in [2.24, 2.45) is 5.11 Å². The molecular weight excluding hydrogens is 293 g/mol. The lowest BCUT2D eigenvalue weighted by Crippen LogP contribution is -2.26. The summed E-state index contributed by atoms with van der Waals surface area (Å²) in [5.41, 5.74) is 7.50. The number of azide groups is 1. The Morgan fingerprint density at radius 1 is 1.50 bits per heavy atom. The molecule has 0 radical (unpaired) electrons. The zero-order chi connectivity index (χ0) is 15.2. The fourth-order valence-corrected chi connectivity index (χ4v) is 2.46. The Labute approximate surface area is 113 Å². The van der Waals surface area contributed by atoms with E-state index in [0.717, 1.165) is 6.07 Å². The fourth-order valence-electron chi connectivity index (χ4n) is 1.29. The van der Waals surface area contributed by atoms with Gasteiger partial charge < -0.3 is 0 Å². The quantitative estimate of drug-likeness (QED) is 0.204. The second-order valence-electron chi connectivity index (χ2n) is 3.58. The number of nitrogens with zero attached hydrogens (tertiary/aromatic N) is 4. The van der Waals surface area contributed by atoms with Crippen LogP contribution in [-0.2, 0) is 10.0 Å². The summed E-state index contributed by atoms with van der Waals surface area (Å²) in [5.74, 6) is -1.09. The fraction of sp³-hybridized carbons (Fsp3) is 0.333. The van der Waals surface area contributed by atoms with Crippen LogP contribution < -0.4 is 4.72 Å². The number of benzene rings is 1. The average Bonchev–Trinajstić information content (AvgIpc) is 2.38. The molecular formula is C9H10FN5O4S. The van der Waals surface area contributed by atoms with E-state index >= 15 is 0 Å². The molecule has 108 valence electrons. The Kier molecular flexibility index (Phi) is 5.38. The number of nitro benzene ring substituents is 1. The molecule has 11 heteroatoms. The Morgan fingerprint density at radius 3 is 2.80 bits per heavy atom. The van der Waals surface area contributed by atoms with Gasteiger partial charge in [0.1, 0.15) is 10.7 Å². The highest BCUT2D eigenvalue weighted by atomic mass is 32.2. The molecule has 0 aromatic heterocycles. The molecule has 1 aromatic carbocycles. The highest BCUT2D eigenvalue weighted by molar-refractivity contribution is 7.89. The topological polar surface area (TPSA) is 138 Å². The number of hydrogen-bond donors (Lipinski definition) is 1. The average molecular weight is 303 g/mol. The Balaban J connectivity index is 2.89. The van der Waals surface area contributed by atoms with Crippen molar-refractivity contribution in [1.29, 1.82) is 0 Å². The molecule has 0 saturated carbocycles. The molecule has 0 aliphatic carbocycles. The first kappa shape index (κ1) is 15.8. The van der Waals surface area contributed by atoms with Crippen LogP contribution in [0.3, 0.4) is 0 Å². The van der Waals surface area contributed by atoms with Crippen molar-refractivity contribution in [3.8, 4) is 0 Å². The first-order valence-electron chi connectivity index (χ1n) is 5.33. The van der Waals surface area contributed by atoms with Crippen molar-refractivity contribution >= 4 is 15.7 Å². The predicted molar refractivity (Wildman–Crippen MR) is 66.9 cm³/mol. The molecule has 0 bridgehead atoms. The Morgan fingerprint density at radius 2 is 2.20 bits per heavy atom. The summed E-state index contributed by atoms with van der Waals surface area (Å²) in [7, 11) is -4.20. The molecule has 9 nitrogen and oxygen atoms in total. The third-order valence-corrected chi connectivity index (χ3v) is 3.68. The van der Waals surface area contributed by atoms with Crippen LogP contribution in [0.25, 0.3) is 10.4 Å². The molecule has 0 spiro atoms. The second-order valence-corrected chi connectivity index (χ2v) is 5.31. The van der Waals surface area contributed by atoms with Crippen molar-refractivity contribution in [1.82, 2.24) is 4.72 Å². The van der Waals surface area contributed by atoms with Gasteiger partial charge in [0.15, 0.2) is 0 Å². The zero-order valence-corrected chi connectivity index (χ0v) is 10.9. The standard InChI is InChI=1S/C9H10FN5O4S/c10-8-3-2-7(15(16)17)6-9(8)20(18,19)13-5-1-4-12-14-11/h2-3,6,13H,1,4-5H2. The third-order valence-electron chi connectivity index (χ3n) is 2.21. The van der Waals surface area contributed by atoms with Crippen molar-refractivity contribution in [2.45, 2.75) is 11.3 Å². The van der Waals surface area contributed by atoms with Gasteiger partial charge in [-0.2, -0.15) is 0 Å². The molecule has 1 N–H and O–H groups in total. The van der Waals surface area contributed by atoms with Crippen LogP contribution in [-0.4, -0.2) is 26.4 Å². The van der Waals surface area contributed by atoms with Gasteiger partial charge in [0.25, 0.3) is 5.69 Å². The van der Waals surface area contributed by atoms with Crippen LogP contribution in [0.15, 0.2) is 28.2 Å². The minimum Gasteiger partial charge on any atom is -0.258 e. The lowest BCUT2D eigenvalue weighted by molar-refractivity contribution is -0.385. The lowest BCUT2D eigenvalue weighted by atomic mass is 10.3. The molecule has 0 amide bonds. The molecule has 0 saturated heterocycles. The number of sulfonamides is 1. The summed E-state index contributed by atoms with van der Waals surface area (Å²) in [6, 6.07) is 2.23. The molecule has 20 heavy (non-hydrogen) atoms. The molecule has 0 fully saturated rings. The number of non-ortho nitro benzene ring substituents is 1. The highest BCUT2D eigenvalue weighted by Crippen LogP contribution is 2.20. The van der Waals surface area contributed by atoms with E-state index in [-0.39, 0.29) is 19.5 Å². The van der Waals surface area contributed by atoms with Gasteiger partial charge in [-0.25, -0.2) is 17.5 Å². The first-order chi connectivity index (χ1) is 9.38. The van der Waals surface area contributed by atoms with E-state index in [1.165, 1.54) is 0 Å². The normalized spacial score (nSPS) is 10.8. The molecule has 1 aromatic rings. The van der Waals surface area contributed by atoms with Gasteiger partial charge in [0.2, 0.25) is 10.0 Å². The van der Waals surface area contributed by atoms with Crippen LogP contribution in [0, 0.1) is 15.9 Å². The Bertz CT molecular complexity index is 656. The smallest absolute Gasteiger partial charge is 0.258 e. The van der Waals surface area contributed by atoms with Gasteiger partial charge in [-0.15, -0.1) is 0 Å². The molecule has 1 rings (SSSR count). The maximum Gasteiger partial charge on any atom is 0.270 e. The van der Waals surface area contributed by atoms with Crippen molar-refractivity contribution in [3.05, 3.63) is 44.6 Å². The summed E-state index contributed by atoms with van der Waals surface area (Å²) < 4.78 is 39.1. The molecule has 0 aliphatic heterocycles. The molecule has 0 unspecified atom stereocenters. The van der Waals surface area contributed by atoms with Crippen LogP contribution in [0.2, 0.25) is 0 Å². The lowest BCUT2D eigenvalue weighted by Gasteiger charge is -2.06. The van der Waals surface area contributed by atoms with Crippen molar-refractivity contribution in [3.63, 3.8) is 0 Å². The maximum atomic E-state index is 13.5. The number of nitrogens with one attached hydrogen (secondary N) is 1. The molecule has 0 heterocycles. The van der Waals surface area contributed by atoms with E-state index < -0.39 is 31.3 Å². The van der Waals surface area contributed by atoms with Gasteiger partial charge in [-0.1, -0.05) is 5.11 Å². The van der Waals surface area contributed by atoms with E-state index in [4.69, 9.17) is 5.53 Å². The van der Waals surface area contributed by atoms with Gasteiger partial charge in [-0.3, -0.25) is 10.1 Å². The predicted octanol–water partition coefficient (Wildman–Crippen LogP) is 1.71. The monoisotopic (exact) mass is 303 g/mol. The van der Waals surface area contributed by atoms with E-state index in [2.05, 4.69) is 14.7 Å². The molecule has 0 aliphatic rings. The van der Waals surface area contributed by atoms with Crippen molar-refractivity contribution < 1.29 is 17.7 Å². The van der Waals surface area contributed by atoms with Crippen LogP contribution in [0.1, 0.15) is 6.42 Å². The number of hydrogen-bond acceptors (Lipinski definition) is 5. The van der Waals surface area contributed by atoms with Gasteiger partial charge in [0.05, 0.1) is 4.92 Å². The van der Waals surface area contributed by atoms with E-state index in [0.29, 0.717) is 12.1 Å². The highest BCUT2D eigenvalue weighted by Gasteiger charge is 2.22. The summed E-state index contributed by atoms with van der Waals surface area (Å²) in [4.78, 5) is 11.4. The van der Waals surface area contributed by atoms with E-state index in [9.17, 15) is 22.9 Å². The second kappa shape index (κ2) is 6.80. The molecule has 0 atom stereocenters. The summed E-state index contributed by atoms with van der Waals surface area (Å²) in [5, 5.41) is 13.7. The van der Waals surface area contributed by atoms with Gasteiger partial charge >= 0.3 is 0 Å². The van der Waals surface area contributed by atoms with Crippen LogP contribution in [0.4, 0.5) is 10.1 Å². The first-order valence-corrected chi connectivity index (χ1v) is 6.81. The van der Waals surface area contributed by atoms with Gasteiger partial charge in [0, 0.05) is 30.1 Å². The minimum atomic E-state index is -4.20. The zero-order valence-electron chi connectivity index (χ0n) is 10.1. The van der Waals surface area contributed by atoms with E-state index in [1.54, 1.807) is 0 Å². The SMILES string of the molecule is [N-]=[N+]=NCCCNS(=O)(=O)c1cc([N+](=O)[O-])ccc1F.